The van der Waals surface area contributed by atoms with Gasteiger partial charge in [-0.1, -0.05) is 6.07 Å². The van der Waals surface area contributed by atoms with Crippen molar-refractivity contribution in [3.63, 3.8) is 0 Å². The molecule has 0 amide bonds. The number of nitrogens with one attached hydrogen (secondary N) is 1. The number of aromatic nitrogens is 1. The van der Waals surface area contributed by atoms with Crippen molar-refractivity contribution < 1.29 is 9.85 Å². The van der Waals surface area contributed by atoms with E-state index >= 15 is 0 Å². The summed E-state index contributed by atoms with van der Waals surface area (Å²) in [7, 11) is 0. The van der Waals surface area contributed by atoms with E-state index in [0.29, 0.717) is 5.69 Å². The van der Waals surface area contributed by atoms with E-state index in [9.17, 15) is 20.2 Å². The molecule has 108 valence electrons. The molecule has 0 saturated heterocycles. The third-order valence-corrected chi connectivity index (χ3v) is 2.75. The summed E-state index contributed by atoms with van der Waals surface area (Å²) in [5, 5.41) is 24.5. The Hall–Kier alpha value is -3.03. The van der Waals surface area contributed by atoms with Crippen molar-refractivity contribution in [3.8, 4) is 0 Å². The van der Waals surface area contributed by atoms with Crippen molar-refractivity contribution in [2.24, 2.45) is 0 Å². The van der Waals surface area contributed by atoms with Crippen LogP contribution >= 0.6 is 0 Å². The molecule has 0 fully saturated rings. The lowest BCUT2D eigenvalue weighted by molar-refractivity contribution is -0.394. The Morgan fingerprint density at radius 1 is 1.00 bits per heavy atom. The smallest absolute Gasteiger partial charge is 0.318 e. The predicted molar refractivity (Wildman–Crippen MR) is 76.7 cm³/mol. The highest BCUT2D eigenvalue weighted by molar-refractivity contribution is 5.68. The summed E-state index contributed by atoms with van der Waals surface area (Å²) < 4.78 is 0. The highest BCUT2D eigenvalue weighted by Crippen LogP contribution is 2.29. The van der Waals surface area contributed by atoms with Crippen molar-refractivity contribution >= 4 is 22.9 Å². The Morgan fingerprint density at radius 2 is 1.62 bits per heavy atom. The van der Waals surface area contributed by atoms with Crippen LogP contribution in [-0.4, -0.2) is 14.8 Å². The third kappa shape index (κ3) is 3.30. The summed E-state index contributed by atoms with van der Waals surface area (Å²) in [5.74, 6) is -0.0319. The quantitative estimate of drug-likeness (QED) is 0.682. The van der Waals surface area contributed by atoms with E-state index in [1.165, 1.54) is 0 Å². The lowest BCUT2D eigenvalue weighted by Crippen LogP contribution is -2.01. The van der Waals surface area contributed by atoms with Crippen LogP contribution in [0.5, 0.6) is 0 Å². The van der Waals surface area contributed by atoms with Gasteiger partial charge in [0.05, 0.1) is 15.9 Å². The molecular weight excluding hydrogens is 276 g/mol. The van der Waals surface area contributed by atoms with Gasteiger partial charge in [0.2, 0.25) is 5.82 Å². The fourth-order valence-electron chi connectivity index (χ4n) is 1.96. The van der Waals surface area contributed by atoms with E-state index in [1.54, 1.807) is 12.1 Å². The number of nitro groups is 2. The minimum atomic E-state index is -0.722. The summed E-state index contributed by atoms with van der Waals surface area (Å²) >= 11 is 0. The van der Waals surface area contributed by atoms with Gasteiger partial charge in [0.15, 0.2) is 0 Å². The second-order valence-corrected chi connectivity index (χ2v) is 4.58. The van der Waals surface area contributed by atoms with Crippen LogP contribution in [0.15, 0.2) is 30.5 Å². The maximum Gasteiger partial charge on any atom is 0.318 e. The van der Waals surface area contributed by atoms with Crippen LogP contribution < -0.4 is 5.32 Å². The fraction of sp³-hybridized carbons (Fsp3) is 0.154. The van der Waals surface area contributed by atoms with Crippen LogP contribution in [-0.2, 0) is 0 Å². The second-order valence-electron chi connectivity index (χ2n) is 4.58. The fourth-order valence-corrected chi connectivity index (χ4v) is 1.96. The van der Waals surface area contributed by atoms with E-state index < -0.39 is 21.2 Å². The van der Waals surface area contributed by atoms with Gasteiger partial charge in [0.25, 0.3) is 5.69 Å². The molecular formula is C13H12N4O4. The molecule has 1 N–H and O–H groups in total. The molecule has 0 spiro atoms. The second kappa shape index (κ2) is 5.53. The van der Waals surface area contributed by atoms with E-state index in [1.807, 2.05) is 19.9 Å². The third-order valence-electron chi connectivity index (χ3n) is 2.75. The molecule has 0 aliphatic heterocycles. The molecule has 1 heterocycles. The van der Waals surface area contributed by atoms with E-state index in [2.05, 4.69) is 10.3 Å². The number of nitrogens with zero attached hydrogens (tertiary/aromatic N) is 3. The van der Waals surface area contributed by atoms with Crippen molar-refractivity contribution in [2.45, 2.75) is 13.8 Å². The number of anilines is 2. The molecule has 0 atom stereocenters. The zero-order valence-electron chi connectivity index (χ0n) is 11.4. The summed E-state index contributed by atoms with van der Waals surface area (Å²) in [4.78, 5) is 24.0. The first-order valence-electron chi connectivity index (χ1n) is 6.01. The minimum Gasteiger partial charge on any atom is -0.334 e. The summed E-state index contributed by atoms with van der Waals surface area (Å²) in [6, 6.07) is 6.46. The Bertz CT molecular complexity index is 710. The van der Waals surface area contributed by atoms with Crippen LogP contribution in [0.4, 0.5) is 22.9 Å². The first-order chi connectivity index (χ1) is 9.86. The molecule has 1 aromatic carbocycles. The number of rotatable bonds is 4. The van der Waals surface area contributed by atoms with E-state index in [0.717, 1.165) is 23.4 Å². The Labute approximate surface area is 119 Å². The first kappa shape index (κ1) is 14.4. The minimum absolute atomic E-state index is 0.0319. The molecule has 2 aromatic rings. The molecule has 21 heavy (non-hydrogen) atoms. The Morgan fingerprint density at radius 3 is 2.14 bits per heavy atom. The van der Waals surface area contributed by atoms with Gasteiger partial charge in [-0.25, -0.2) is 4.98 Å². The van der Waals surface area contributed by atoms with Gasteiger partial charge in [-0.2, -0.15) is 0 Å². The van der Waals surface area contributed by atoms with Crippen molar-refractivity contribution in [2.75, 3.05) is 5.32 Å². The molecule has 8 heteroatoms. The van der Waals surface area contributed by atoms with Crippen molar-refractivity contribution in [1.82, 2.24) is 4.98 Å². The molecule has 0 saturated carbocycles. The number of pyridine rings is 1. The zero-order valence-corrected chi connectivity index (χ0v) is 11.4. The van der Waals surface area contributed by atoms with Crippen molar-refractivity contribution in [1.29, 1.82) is 0 Å². The first-order valence-corrected chi connectivity index (χ1v) is 6.01. The van der Waals surface area contributed by atoms with Gasteiger partial charge in [-0.15, -0.1) is 0 Å². The van der Waals surface area contributed by atoms with Gasteiger partial charge in [0, 0.05) is 5.69 Å². The lowest BCUT2D eigenvalue weighted by atomic mass is 10.1. The van der Waals surface area contributed by atoms with Crippen LogP contribution in [0.3, 0.4) is 0 Å². The zero-order chi connectivity index (χ0) is 15.6. The average molecular weight is 288 g/mol. The van der Waals surface area contributed by atoms with Gasteiger partial charge in [0.1, 0.15) is 6.20 Å². The molecule has 0 radical (unpaired) electrons. The van der Waals surface area contributed by atoms with Crippen molar-refractivity contribution in [3.05, 3.63) is 61.8 Å². The monoisotopic (exact) mass is 288 g/mol. The number of hydrogen-bond acceptors (Lipinski definition) is 6. The maximum absolute atomic E-state index is 11.0. The lowest BCUT2D eigenvalue weighted by Gasteiger charge is -2.08. The standard InChI is InChI=1S/C13H12N4O4/c1-8-3-9(2)5-10(4-8)15-13-12(17(20)21)6-11(7-14-13)16(18)19/h3-7H,1-2H3,(H,14,15). The van der Waals surface area contributed by atoms with Crippen LogP contribution in [0, 0.1) is 34.1 Å². The Kier molecular flexibility index (Phi) is 3.79. The van der Waals surface area contributed by atoms with E-state index in [-0.39, 0.29) is 5.82 Å². The van der Waals surface area contributed by atoms with Crippen LogP contribution in [0.25, 0.3) is 0 Å². The topological polar surface area (TPSA) is 111 Å². The Balaban J connectivity index is 2.43. The molecule has 0 bridgehead atoms. The van der Waals surface area contributed by atoms with Gasteiger partial charge >= 0.3 is 5.69 Å². The molecule has 1 aromatic heterocycles. The predicted octanol–water partition coefficient (Wildman–Crippen LogP) is 3.26. The summed E-state index contributed by atoms with van der Waals surface area (Å²) in [6.45, 7) is 3.80. The van der Waals surface area contributed by atoms with E-state index in [4.69, 9.17) is 0 Å². The van der Waals surface area contributed by atoms with Crippen LogP contribution in [0.1, 0.15) is 11.1 Å². The molecule has 8 nitrogen and oxygen atoms in total. The summed E-state index contributed by atoms with van der Waals surface area (Å²) in [6.07, 6.45) is 0.984. The molecule has 0 aliphatic carbocycles. The highest BCUT2D eigenvalue weighted by Gasteiger charge is 2.21. The largest absolute Gasteiger partial charge is 0.334 e. The number of hydrogen-bond donors (Lipinski definition) is 1. The van der Waals surface area contributed by atoms with Gasteiger partial charge < -0.3 is 5.32 Å². The molecule has 0 aliphatic rings. The van der Waals surface area contributed by atoms with Gasteiger partial charge in [-0.05, 0) is 37.1 Å². The summed E-state index contributed by atoms with van der Waals surface area (Å²) in [5.41, 5.74) is 1.75. The molecule has 2 rings (SSSR count). The normalized spacial score (nSPS) is 10.2. The number of aryl methyl sites for hydroxylation is 2. The molecule has 0 unspecified atom stereocenters. The van der Waals surface area contributed by atoms with Crippen LogP contribution in [0.2, 0.25) is 0 Å². The SMILES string of the molecule is Cc1cc(C)cc(Nc2ncc([N+](=O)[O-])cc2[N+](=O)[O-])c1. The highest BCUT2D eigenvalue weighted by atomic mass is 16.6. The average Bonchev–Trinajstić information content (AvgIpc) is 2.37. The van der Waals surface area contributed by atoms with Gasteiger partial charge in [-0.3, -0.25) is 20.2 Å². The number of benzene rings is 1. The maximum atomic E-state index is 11.0.